The van der Waals surface area contributed by atoms with Gasteiger partial charge < -0.3 is 24.4 Å². The number of likely N-dealkylation sites (tertiary alicyclic amines) is 1. The average Bonchev–Trinajstić information content (AvgIpc) is 3.38. The third-order valence-corrected chi connectivity index (χ3v) is 8.12. The van der Waals surface area contributed by atoms with Gasteiger partial charge in [-0.15, -0.1) is 0 Å². The van der Waals surface area contributed by atoms with Gasteiger partial charge in [-0.1, -0.05) is 49.2 Å². The number of rotatable bonds is 14. The molecule has 0 radical (unpaired) electrons. The molecule has 2 aliphatic rings. The quantitative estimate of drug-likeness (QED) is 0.371. The van der Waals surface area contributed by atoms with Crippen LogP contribution in [0.4, 0.5) is 0 Å². The van der Waals surface area contributed by atoms with Crippen molar-refractivity contribution in [3.05, 3.63) is 59.7 Å². The van der Waals surface area contributed by atoms with E-state index in [1.54, 1.807) is 7.11 Å². The Morgan fingerprint density at radius 1 is 1.00 bits per heavy atom. The summed E-state index contributed by atoms with van der Waals surface area (Å²) in [7, 11) is 1.65. The molecule has 1 heterocycles. The molecule has 1 saturated heterocycles. The highest BCUT2D eigenvalue weighted by Crippen LogP contribution is 2.30. The molecule has 1 saturated carbocycles. The number of benzene rings is 2. The summed E-state index contributed by atoms with van der Waals surface area (Å²) in [5.41, 5.74) is 2.37. The van der Waals surface area contributed by atoms with Crippen LogP contribution in [0.2, 0.25) is 0 Å². The van der Waals surface area contributed by atoms with Crippen molar-refractivity contribution in [1.29, 1.82) is 0 Å². The zero-order chi connectivity index (χ0) is 27.6. The maximum atomic E-state index is 10.7. The lowest BCUT2D eigenvalue weighted by molar-refractivity contribution is -0.0316. The minimum atomic E-state index is -0.617. The number of methoxy groups -OCH3 is 1. The van der Waals surface area contributed by atoms with Crippen molar-refractivity contribution in [3.63, 3.8) is 0 Å². The van der Waals surface area contributed by atoms with E-state index in [1.807, 2.05) is 30.3 Å². The van der Waals surface area contributed by atoms with Gasteiger partial charge in [-0.2, -0.15) is 0 Å². The SMILES string of the molecule is COc1cc(CCOC2CCCCC2N2CC[C@@H](O)C2)ccc1OCC(O)CN(Cc1ccccc1)C(C)C. The standard InChI is InChI=1S/C32H48N2O5/c1-24(2)34(20-26-9-5-4-6-10-26)22-28(36)23-39-31-14-13-25(19-32(31)37-3)16-18-38-30-12-8-7-11-29(30)33-17-15-27(35)21-33/h4-6,9-10,13-14,19,24,27-30,35-36H,7-8,11-12,15-18,20-23H2,1-3H3/t27-,28?,29?,30?/m1/s1. The van der Waals surface area contributed by atoms with Gasteiger partial charge in [0.1, 0.15) is 12.7 Å². The van der Waals surface area contributed by atoms with E-state index in [4.69, 9.17) is 14.2 Å². The van der Waals surface area contributed by atoms with Gasteiger partial charge >= 0.3 is 0 Å². The normalized spacial score (nSPS) is 22.9. The number of aliphatic hydroxyl groups is 2. The Kier molecular flexibility index (Phi) is 11.5. The number of hydrogen-bond donors (Lipinski definition) is 2. The van der Waals surface area contributed by atoms with Crippen molar-refractivity contribution in [2.24, 2.45) is 0 Å². The molecule has 2 aromatic rings. The minimum Gasteiger partial charge on any atom is -0.493 e. The predicted molar refractivity (Wildman–Crippen MR) is 154 cm³/mol. The highest BCUT2D eigenvalue weighted by molar-refractivity contribution is 5.43. The zero-order valence-corrected chi connectivity index (χ0v) is 24.0. The number of nitrogens with zero attached hydrogens (tertiary/aromatic N) is 2. The first-order chi connectivity index (χ1) is 18.9. The largest absolute Gasteiger partial charge is 0.493 e. The topological polar surface area (TPSA) is 74.6 Å². The van der Waals surface area contributed by atoms with Crippen LogP contribution in [-0.2, 0) is 17.7 Å². The molecule has 0 bridgehead atoms. The van der Waals surface area contributed by atoms with Crippen LogP contribution in [-0.4, -0.2) is 90.4 Å². The fourth-order valence-corrected chi connectivity index (χ4v) is 5.86. The van der Waals surface area contributed by atoms with Crippen LogP contribution in [0.3, 0.4) is 0 Å². The van der Waals surface area contributed by atoms with E-state index < -0.39 is 6.10 Å². The van der Waals surface area contributed by atoms with Crippen molar-refractivity contribution in [2.75, 3.05) is 40.0 Å². The van der Waals surface area contributed by atoms with Gasteiger partial charge in [0, 0.05) is 38.3 Å². The van der Waals surface area contributed by atoms with E-state index in [0.29, 0.717) is 36.7 Å². The van der Waals surface area contributed by atoms with Gasteiger partial charge in [-0.25, -0.2) is 0 Å². The Hall–Kier alpha value is -2.16. The highest BCUT2D eigenvalue weighted by atomic mass is 16.5. The zero-order valence-electron chi connectivity index (χ0n) is 24.0. The second kappa shape index (κ2) is 15.0. The molecule has 0 aromatic heterocycles. The highest BCUT2D eigenvalue weighted by Gasteiger charge is 2.34. The van der Waals surface area contributed by atoms with Crippen molar-refractivity contribution >= 4 is 0 Å². The summed E-state index contributed by atoms with van der Waals surface area (Å²) >= 11 is 0. The summed E-state index contributed by atoms with van der Waals surface area (Å²) in [5, 5.41) is 20.7. The fraction of sp³-hybridized carbons (Fsp3) is 0.625. The van der Waals surface area contributed by atoms with Crippen LogP contribution in [0.1, 0.15) is 57.1 Å². The maximum Gasteiger partial charge on any atom is 0.161 e. The summed E-state index contributed by atoms with van der Waals surface area (Å²) in [6, 6.07) is 17.1. The van der Waals surface area contributed by atoms with Crippen LogP contribution in [0.25, 0.3) is 0 Å². The summed E-state index contributed by atoms with van der Waals surface area (Å²) in [5.74, 6) is 1.31. The van der Waals surface area contributed by atoms with Gasteiger partial charge in [-0.05, 0) is 62.8 Å². The molecule has 2 aromatic carbocycles. The van der Waals surface area contributed by atoms with E-state index >= 15 is 0 Å². The molecule has 1 aliphatic heterocycles. The van der Waals surface area contributed by atoms with Crippen LogP contribution in [0.15, 0.2) is 48.5 Å². The molecule has 0 spiro atoms. The Morgan fingerprint density at radius 3 is 2.51 bits per heavy atom. The van der Waals surface area contributed by atoms with Gasteiger partial charge in [0.05, 0.1) is 25.9 Å². The molecule has 1 aliphatic carbocycles. The van der Waals surface area contributed by atoms with Gasteiger partial charge in [0.25, 0.3) is 0 Å². The van der Waals surface area contributed by atoms with Crippen molar-refractivity contribution < 1.29 is 24.4 Å². The van der Waals surface area contributed by atoms with Crippen molar-refractivity contribution in [3.8, 4) is 11.5 Å². The Bertz CT molecular complexity index is 988. The maximum absolute atomic E-state index is 10.7. The van der Waals surface area contributed by atoms with Crippen LogP contribution in [0, 0.1) is 0 Å². The number of aliphatic hydroxyl groups excluding tert-OH is 2. The summed E-state index contributed by atoms with van der Waals surface area (Å²) in [6.07, 6.45) is 5.81. The molecule has 2 fully saturated rings. The lowest BCUT2D eigenvalue weighted by Crippen LogP contribution is -2.46. The molecule has 216 valence electrons. The number of hydrogen-bond acceptors (Lipinski definition) is 7. The molecular formula is C32H48N2O5. The van der Waals surface area contributed by atoms with Gasteiger partial charge in [-0.3, -0.25) is 9.80 Å². The number of ether oxygens (including phenoxy) is 3. The Morgan fingerprint density at radius 2 is 1.79 bits per heavy atom. The van der Waals surface area contributed by atoms with Gasteiger partial charge in [0.2, 0.25) is 0 Å². The van der Waals surface area contributed by atoms with E-state index in [0.717, 1.165) is 50.9 Å². The van der Waals surface area contributed by atoms with Crippen molar-refractivity contribution in [2.45, 2.75) is 89.3 Å². The monoisotopic (exact) mass is 540 g/mol. The van der Waals surface area contributed by atoms with E-state index in [2.05, 4.69) is 41.8 Å². The van der Waals surface area contributed by atoms with Gasteiger partial charge in [0.15, 0.2) is 11.5 Å². The third kappa shape index (κ3) is 8.92. The first-order valence-electron chi connectivity index (χ1n) is 14.7. The second-order valence-electron chi connectivity index (χ2n) is 11.4. The smallest absolute Gasteiger partial charge is 0.161 e. The molecule has 3 unspecified atom stereocenters. The minimum absolute atomic E-state index is 0.190. The molecule has 7 heteroatoms. The van der Waals surface area contributed by atoms with E-state index in [-0.39, 0.29) is 18.8 Å². The number of β-amino-alcohol motifs (C(OH)–C–C–N with tert-alkyl or cyclic N) is 1. The molecule has 39 heavy (non-hydrogen) atoms. The molecular weight excluding hydrogens is 492 g/mol. The lowest BCUT2D eigenvalue weighted by Gasteiger charge is -2.37. The first kappa shape index (κ1) is 29.8. The molecule has 4 rings (SSSR count). The van der Waals surface area contributed by atoms with E-state index in [9.17, 15) is 10.2 Å². The summed E-state index contributed by atoms with van der Waals surface area (Å²) in [4.78, 5) is 4.69. The Labute approximate surface area is 234 Å². The Balaban J connectivity index is 1.25. The fourth-order valence-electron chi connectivity index (χ4n) is 5.86. The summed E-state index contributed by atoms with van der Waals surface area (Å²) in [6.45, 7) is 8.22. The van der Waals surface area contributed by atoms with Crippen LogP contribution in [0.5, 0.6) is 11.5 Å². The third-order valence-electron chi connectivity index (χ3n) is 8.12. The van der Waals surface area contributed by atoms with Crippen LogP contribution < -0.4 is 9.47 Å². The summed E-state index contributed by atoms with van der Waals surface area (Å²) < 4.78 is 18.0. The predicted octanol–water partition coefficient (Wildman–Crippen LogP) is 4.28. The van der Waals surface area contributed by atoms with Crippen molar-refractivity contribution in [1.82, 2.24) is 9.80 Å². The molecule has 0 amide bonds. The second-order valence-corrected chi connectivity index (χ2v) is 11.4. The molecule has 2 N–H and O–H groups in total. The average molecular weight is 541 g/mol. The molecule has 4 atom stereocenters. The van der Waals surface area contributed by atoms with E-state index in [1.165, 1.54) is 18.4 Å². The van der Waals surface area contributed by atoms with Crippen LogP contribution >= 0.6 is 0 Å². The first-order valence-corrected chi connectivity index (χ1v) is 14.7. The lowest BCUT2D eigenvalue weighted by atomic mass is 9.91. The molecule has 7 nitrogen and oxygen atoms in total.